The van der Waals surface area contributed by atoms with Crippen LogP contribution >= 0.6 is 0 Å². The van der Waals surface area contributed by atoms with Gasteiger partial charge in [0, 0.05) is 12.0 Å². The fourth-order valence-electron chi connectivity index (χ4n) is 3.97. The first-order valence-electron chi connectivity index (χ1n) is 13.3. The Morgan fingerprint density at radius 2 is 1.12 bits per heavy atom. The van der Waals surface area contributed by atoms with Crippen molar-refractivity contribution in [1.29, 1.82) is 10.5 Å². The highest BCUT2D eigenvalue weighted by Gasteiger charge is 2.11. The summed E-state index contributed by atoms with van der Waals surface area (Å²) < 4.78 is 5.75. The lowest BCUT2D eigenvalue weighted by molar-refractivity contribution is 0.284. The minimum atomic E-state index is 0.155. The van der Waals surface area contributed by atoms with E-state index in [1.807, 2.05) is 39.2 Å². The molecule has 0 unspecified atom stereocenters. The number of hydrogen-bond acceptors (Lipinski definition) is 4. The van der Waals surface area contributed by atoms with E-state index in [-0.39, 0.29) is 5.57 Å². The van der Waals surface area contributed by atoms with Crippen molar-refractivity contribution in [1.82, 2.24) is 5.32 Å². The Balaban J connectivity index is 0.00000322. The average molecular weight is 456 g/mol. The summed E-state index contributed by atoms with van der Waals surface area (Å²) in [6, 6.07) is 3.92. The Hall–Kier alpha value is -2.04. The molecule has 0 bridgehead atoms. The van der Waals surface area contributed by atoms with E-state index in [9.17, 15) is 0 Å². The molecule has 4 heteroatoms. The molecule has 0 spiro atoms. The molecule has 0 saturated carbocycles. The lowest BCUT2D eigenvalue weighted by atomic mass is 10.0. The second kappa shape index (κ2) is 23.1. The van der Waals surface area contributed by atoms with Crippen molar-refractivity contribution in [3.05, 3.63) is 34.8 Å². The van der Waals surface area contributed by atoms with Crippen molar-refractivity contribution in [2.45, 2.75) is 123 Å². The fourth-order valence-corrected chi connectivity index (χ4v) is 3.97. The maximum atomic E-state index is 9.05. The number of nitriles is 2. The standard InChI is InChI=1S/C27H42N2O.C2H7N/c1-3-4-5-6-7-8-9-10-11-12-13-14-15-16-17-18-19-27-21-25(20-24(2)30-27)26(22-28)23-29;1-3-2/h20-21H,3-19H2,1-2H3;3H,1-2H3. The number of rotatable bonds is 17. The van der Waals surface area contributed by atoms with Crippen LogP contribution in [0.1, 0.15) is 123 Å². The van der Waals surface area contributed by atoms with E-state index >= 15 is 0 Å². The third-order valence-corrected chi connectivity index (χ3v) is 5.76. The highest BCUT2D eigenvalue weighted by molar-refractivity contribution is 5.51. The van der Waals surface area contributed by atoms with E-state index in [1.165, 1.54) is 96.3 Å². The highest BCUT2D eigenvalue weighted by atomic mass is 16.5. The first-order chi connectivity index (χ1) is 16.1. The molecule has 0 radical (unpaired) electrons. The molecular formula is C29H49N3O. The quantitative estimate of drug-likeness (QED) is 0.176. The molecule has 0 amide bonds. The summed E-state index contributed by atoms with van der Waals surface area (Å²) in [5.41, 5.74) is 0.831. The Morgan fingerprint density at radius 3 is 1.52 bits per heavy atom. The van der Waals surface area contributed by atoms with E-state index in [4.69, 9.17) is 15.3 Å². The molecule has 0 saturated heterocycles. The van der Waals surface area contributed by atoms with Crippen molar-refractivity contribution < 1.29 is 4.74 Å². The van der Waals surface area contributed by atoms with Crippen molar-refractivity contribution in [3.63, 3.8) is 0 Å². The SMILES string of the molecule is CCCCCCCCCCCCCCCCCCC1=CC(=C(C#N)C#N)C=C(C)O1.CNC. The van der Waals surface area contributed by atoms with Gasteiger partial charge < -0.3 is 10.1 Å². The molecule has 0 aromatic rings. The summed E-state index contributed by atoms with van der Waals surface area (Å²) in [4.78, 5) is 0. The van der Waals surface area contributed by atoms with Gasteiger partial charge >= 0.3 is 0 Å². The van der Waals surface area contributed by atoms with Crippen LogP contribution in [0.15, 0.2) is 34.8 Å². The van der Waals surface area contributed by atoms with Gasteiger partial charge in [-0.05, 0) is 39.6 Å². The zero-order chi connectivity index (χ0) is 24.6. The van der Waals surface area contributed by atoms with Crippen LogP contribution in [0.3, 0.4) is 0 Å². The van der Waals surface area contributed by atoms with Crippen LogP contribution in [0, 0.1) is 22.7 Å². The van der Waals surface area contributed by atoms with Crippen LogP contribution < -0.4 is 5.32 Å². The van der Waals surface area contributed by atoms with Gasteiger partial charge in [-0.15, -0.1) is 0 Å². The van der Waals surface area contributed by atoms with Gasteiger partial charge in [0.2, 0.25) is 0 Å². The van der Waals surface area contributed by atoms with E-state index < -0.39 is 0 Å². The molecule has 0 aliphatic carbocycles. The average Bonchev–Trinajstić information content (AvgIpc) is 2.80. The predicted molar refractivity (Wildman–Crippen MR) is 140 cm³/mol. The molecule has 1 aliphatic heterocycles. The van der Waals surface area contributed by atoms with Gasteiger partial charge in [0.15, 0.2) is 0 Å². The van der Waals surface area contributed by atoms with Crippen molar-refractivity contribution in [2.75, 3.05) is 14.1 Å². The molecule has 0 aromatic heterocycles. The van der Waals surface area contributed by atoms with Crippen molar-refractivity contribution in [3.8, 4) is 12.1 Å². The Bertz CT molecular complexity index is 645. The number of nitrogens with one attached hydrogen (secondary N) is 1. The molecule has 0 aromatic carbocycles. The number of hydrogen-bond donors (Lipinski definition) is 1. The lowest BCUT2D eigenvalue weighted by Crippen LogP contribution is -1.99. The summed E-state index contributed by atoms with van der Waals surface area (Å²) in [7, 11) is 3.75. The summed E-state index contributed by atoms with van der Waals surface area (Å²) in [6.45, 7) is 4.15. The molecule has 0 fully saturated rings. The normalized spacial score (nSPS) is 12.5. The number of unbranched alkanes of at least 4 members (excludes halogenated alkanes) is 15. The molecule has 33 heavy (non-hydrogen) atoms. The number of ether oxygens (including phenoxy) is 1. The van der Waals surface area contributed by atoms with Crippen LogP contribution in [0.25, 0.3) is 0 Å². The lowest BCUT2D eigenvalue weighted by Gasteiger charge is -2.16. The van der Waals surface area contributed by atoms with Crippen LogP contribution in [0.5, 0.6) is 0 Å². The van der Waals surface area contributed by atoms with Crippen LogP contribution in [0.4, 0.5) is 0 Å². The zero-order valence-corrected chi connectivity index (χ0v) is 22.0. The summed E-state index contributed by atoms with van der Waals surface area (Å²) in [6.07, 6.45) is 26.3. The Labute approximate surface area is 204 Å². The smallest absolute Gasteiger partial charge is 0.137 e. The Morgan fingerprint density at radius 1 is 0.727 bits per heavy atom. The third-order valence-electron chi connectivity index (χ3n) is 5.76. The summed E-state index contributed by atoms with van der Waals surface area (Å²) >= 11 is 0. The van der Waals surface area contributed by atoms with Crippen molar-refractivity contribution in [2.24, 2.45) is 0 Å². The van der Waals surface area contributed by atoms with Crippen LogP contribution in [-0.4, -0.2) is 14.1 Å². The van der Waals surface area contributed by atoms with E-state index in [2.05, 4.69) is 12.2 Å². The predicted octanol–water partition coefficient (Wildman–Crippen LogP) is 8.64. The van der Waals surface area contributed by atoms with Crippen molar-refractivity contribution >= 4 is 0 Å². The van der Waals surface area contributed by atoms with Gasteiger partial charge in [-0.2, -0.15) is 10.5 Å². The molecule has 1 rings (SSSR count). The van der Waals surface area contributed by atoms with E-state index in [0.717, 1.165) is 24.4 Å². The van der Waals surface area contributed by atoms with E-state index in [1.54, 1.807) is 6.08 Å². The number of nitrogens with zero attached hydrogens (tertiary/aromatic N) is 2. The maximum Gasteiger partial charge on any atom is 0.137 e. The second-order valence-corrected chi connectivity index (χ2v) is 9.07. The second-order valence-electron chi connectivity index (χ2n) is 9.07. The first kappa shape index (κ1) is 31.0. The molecular weight excluding hydrogens is 406 g/mol. The maximum absolute atomic E-state index is 9.05. The van der Waals surface area contributed by atoms with Gasteiger partial charge in [-0.1, -0.05) is 103 Å². The van der Waals surface area contributed by atoms with Gasteiger partial charge in [0.05, 0.1) is 0 Å². The van der Waals surface area contributed by atoms with Gasteiger partial charge in [-0.3, -0.25) is 0 Å². The molecule has 1 N–H and O–H groups in total. The molecule has 186 valence electrons. The molecule has 4 nitrogen and oxygen atoms in total. The topological polar surface area (TPSA) is 68.8 Å². The highest BCUT2D eigenvalue weighted by Crippen LogP contribution is 2.25. The van der Waals surface area contributed by atoms with Gasteiger partial charge in [-0.25, -0.2) is 0 Å². The Kier molecular flexibility index (Phi) is 21.7. The molecule has 1 heterocycles. The molecule has 0 atom stereocenters. The fraction of sp³-hybridized carbons (Fsp3) is 0.724. The minimum absolute atomic E-state index is 0.155. The monoisotopic (exact) mass is 455 g/mol. The van der Waals surface area contributed by atoms with Crippen LogP contribution in [0.2, 0.25) is 0 Å². The number of allylic oxidation sites excluding steroid dienone is 6. The van der Waals surface area contributed by atoms with E-state index in [0.29, 0.717) is 5.57 Å². The minimum Gasteiger partial charge on any atom is -0.466 e. The van der Waals surface area contributed by atoms with Crippen LogP contribution in [-0.2, 0) is 4.74 Å². The third kappa shape index (κ3) is 18.1. The summed E-state index contributed by atoms with van der Waals surface area (Å²) in [5, 5.41) is 20.8. The van der Waals surface area contributed by atoms with Gasteiger partial charge in [0.25, 0.3) is 0 Å². The largest absolute Gasteiger partial charge is 0.466 e. The molecule has 1 aliphatic rings. The zero-order valence-electron chi connectivity index (χ0n) is 22.0. The summed E-state index contributed by atoms with van der Waals surface area (Å²) in [5.74, 6) is 1.63. The first-order valence-corrected chi connectivity index (χ1v) is 13.3. The van der Waals surface area contributed by atoms with Gasteiger partial charge in [0.1, 0.15) is 29.2 Å².